The molecule has 2 aromatic heterocycles. The van der Waals surface area contributed by atoms with Gasteiger partial charge < -0.3 is 14.6 Å². The molecule has 3 amide bonds. The fraction of sp³-hybridized carbons (Fsp3) is 0.154. The van der Waals surface area contributed by atoms with Crippen molar-refractivity contribution in [1.82, 2.24) is 14.9 Å². The first-order chi connectivity index (χ1) is 17.1. The van der Waals surface area contributed by atoms with Crippen molar-refractivity contribution in [2.75, 3.05) is 5.32 Å². The molecule has 0 saturated carbocycles. The number of urea groups is 1. The third-order valence-electron chi connectivity index (χ3n) is 5.60. The third kappa shape index (κ3) is 5.22. The summed E-state index contributed by atoms with van der Waals surface area (Å²) in [5.74, 6) is -0.744. The van der Waals surface area contributed by atoms with Gasteiger partial charge in [0.15, 0.2) is 0 Å². The van der Waals surface area contributed by atoms with Crippen molar-refractivity contribution in [3.8, 4) is 16.9 Å². The van der Waals surface area contributed by atoms with E-state index in [1.165, 1.54) is 28.8 Å². The molecule has 2 N–H and O–H groups in total. The highest BCUT2D eigenvalue weighted by molar-refractivity contribution is 6.08. The highest BCUT2D eigenvalue weighted by Crippen LogP contribution is 2.25. The van der Waals surface area contributed by atoms with Gasteiger partial charge in [-0.25, -0.2) is 4.79 Å². The third-order valence-corrected chi connectivity index (χ3v) is 5.60. The molecule has 0 spiro atoms. The lowest BCUT2D eigenvalue weighted by molar-refractivity contribution is -0.0498. The fourth-order valence-corrected chi connectivity index (χ4v) is 3.77. The van der Waals surface area contributed by atoms with Crippen LogP contribution in [0.2, 0.25) is 0 Å². The maximum Gasteiger partial charge on any atom is 0.387 e. The van der Waals surface area contributed by atoms with Crippen LogP contribution in [0.3, 0.4) is 0 Å². The number of rotatable bonds is 5. The molecule has 0 aliphatic carbocycles. The van der Waals surface area contributed by atoms with Gasteiger partial charge in [-0.2, -0.15) is 8.78 Å². The molecular formula is C26H22F2N4O4. The molecule has 0 atom stereocenters. The molecule has 0 unspecified atom stereocenters. The number of hydrogen-bond donors (Lipinski definition) is 2. The molecule has 184 valence electrons. The molecule has 0 aliphatic rings. The van der Waals surface area contributed by atoms with Gasteiger partial charge in [0.05, 0.1) is 5.52 Å². The number of aryl methyl sites for hydroxylation is 3. The number of nitrogens with one attached hydrogen (secondary N) is 2. The van der Waals surface area contributed by atoms with Gasteiger partial charge in [-0.3, -0.25) is 19.9 Å². The van der Waals surface area contributed by atoms with Gasteiger partial charge in [0.25, 0.3) is 11.5 Å². The monoisotopic (exact) mass is 492 g/mol. The van der Waals surface area contributed by atoms with Crippen molar-refractivity contribution in [3.05, 3.63) is 88.0 Å². The van der Waals surface area contributed by atoms with Crippen LogP contribution in [0.4, 0.5) is 19.3 Å². The number of benzene rings is 2. The van der Waals surface area contributed by atoms with Crippen molar-refractivity contribution in [2.24, 2.45) is 7.05 Å². The van der Waals surface area contributed by atoms with Gasteiger partial charge in [0.1, 0.15) is 5.75 Å². The molecule has 0 aliphatic heterocycles. The Balaban J connectivity index is 1.56. The largest absolute Gasteiger partial charge is 0.435 e. The first-order valence-electron chi connectivity index (χ1n) is 10.9. The number of aromatic nitrogens is 2. The van der Waals surface area contributed by atoms with E-state index < -0.39 is 18.5 Å². The maximum atomic E-state index is 13.1. The van der Waals surface area contributed by atoms with Crippen LogP contribution in [-0.4, -0.2) is 28.1 Å². The van der Waals surface area contributed by atoms with Crippen LogP contribution < -0.4 is 20.9 Å². The van der Waals surface area contributed by atoms with Gasteiger partial charge in [-0.1, -0.05) is 6.07 Å². The molecule has 0 saturated heterocycles. The van der Waals surface area contributed by atoms with Crippen molar-refractivity contribution >= 4 is 28.5 Å². The second-order valence-corrected chi connectivity index (χ2v) is 8.15. The standard InChI is InChI=1S/C26H22F2N4O4/c1-14-4-5-16(23(33)31-26(35)30-18-6-8-19(9-7-18)36-25(27)28)11-20(14)21-12-17-13-29-15(2)10-22(17)32(3)24(21)34/h4-13,25H,1-3H3,(H2,30,31,33,35). The van der Waals surface area contributed by atoms with E-state index in [1.54, 1.807) is 37.5 Å². The summed E-state index contributed by atoms with van der Waals surface area (Å²) in [6.45, 7) is 0.707. The highest BCUT2D eigenvalue weighted by Gasteiger charge is 2.16. The minimum absolute atomic E-state index is 0.0648. The van der Waals surface area contributed by atoms with E-state index in [9.17, 15) is 23.2 Å². The zero-order chi connectivity index (χ0) is 26.0. The smallest absolute Gasteiger partial charge is 0.387 e. The van der Waals surface area contributed by atoms with Gasteiger partial charge in [-0.15, -0.1) is 0 Å². The summed E-state index contributed by atoms with van der Waals surface area (Å²) in [6.07, 6.45) is 1.69. The number of imide groups is 1. The lowest BCUT2D eigenvalue weighted by atomic mass is 9.97. The number of carbonyl (C=O) groups is 2. The number of hydrogen-bond acceptors (Lipinski definition) is 5. The number of pyridine rings is 2. The second-order valence-electron chi connectivity index (χ2n) is 8.15. The van der Waals surface area contributed by atoms with E-state index in [0.29, 0.717) is 11.1 Å². The molecule has 2 aromatic carbocycles. The Labute approximate surface area is 204 Å². The maximum absolute atomic E-state index is 13.1. The Hall–Kier alpha value is -4.60. The van der Waals surface area contributed by atoms with E-state index in [-0.39, 0.29) is 22.6 Å². The number of fused-ring (bicyclic) bond motifs is 1. The molecule has 0 fully saturated rings. The van der Waals surface area contributed by atoms with Crippen LogP contribution in [0.25, 0.3) is 22.0 Å². The van der Waals surface area contributed by atoms with Crippen molar-refractivity contribution in [3.63, 3.8) is 0 Å². The molecule has 4 rings (SSSR count). The molecule has 2 heterocycles. The summed E-state index contributed by atoms with van der Waals surface area (Å²) in [6, 6.07) is 12.8. The molecular weight excluding hydrogens is 470 g/mol. The zero-order valence-corrected chi connectivity index (χ0v) is 19.6. The molecule has 4 aromatic rings. The van der Waals surface area contributed by atoms with Crippen LogP contribution in [0, 0.1) is 13.8 Å². The van der Waals surface area contributed by atoms with E-state index in [4.69, 9.17) is 0 Å². The first kappa shape index (κ1) is 24.5. The Morgan fingerprint density at radius 3 is 2.42 bits per heavy atom. The Kier molecular flexibility index (Phi) is 6.77. The van der Waals surface area contributed by atoms with Crippen LogP contribution in [-0.2, 0) is 7.05 Å². The van der Waals surface area contributed by atoms with Crippen molar-refractivity contribution < 1.29 is 23.1 Å². The number of nitrogens with zero attached hydrogens (tertiary/aromatic N) is 2. The van der Waals surface area contributed by atoms with Crippen molar-refractivity contribution in [2.45, 2.75) is 20.5 Å². The van der Waals surface area contributed by atoms with E-state index in [1.807, 2.05) is 19.9 Å². The summed E-state index contributed by atoms with van der Waals surface area (Å²) in [4.78, 5) is 42.5. The predicted octanol–water partition coefficient (Wildman–Crippen LogP) is 4.78. The molecule has 8 nitrogen and oxygen atoms in total. The summed E-state index contributed by atoms with van der Waals surface area (Å²) in [7, 11) is 1.68. The summed E-state index contributed by atoms with van der Waals surface area (Å²) in [5.41, 5.74) is 3.48. The van der Waals surface area contributed by atoms with E-state index in [0.717, 1.165) is 22.2 Å². The molecule has 10 heteroatoms. The van der Waals surface area contributed by atoms with Crippen molar-refractivity contribution in [1.29, 1.82) is 0 Å². The zero-order valence-electron chi connectivity index (χ0n) is 19.6. The van der Waals surface area contributed by atoms with Crippen LogP contribution in [0.15, 0.2) is 65.6 Å². The Morgan fingerprint density at radius 1 is 1.00 bits per heavy atom. The quantitative estimate of drug-likeness (QED) is 0.418. The van der Waals surface area contributed by atoms with Crippen LogP contribution in [0.5, 0.6) is 5.75 Å². The topological polar surface area (TPSA) is 102 Å². The molecule has 36 heavy (non-hydrogen) atoms. The minimum Gasteiger partial charge on any atom is -0.435 e. The van der Waals surface area contributed by atoms with E-state index >= 15 is 0 Å². The Morgan fingerprint density at radius 2 is 1.72 bits per heavy atom. The lowest BCUT2D eigenvalue weighted by Crippen LogP contribution is -2.34. The summed E-state index contributed by atoms with van der Waals surface area (Å²) in [5, 5.41) is 5.44. The van der Waals surface area contributed by atoms with Crippen LogP contribution >= 0.6 is 0 Å². The average Bonchev–Trinajstić information content (AvgIpc) is 2.83. The van der Waals surface area contributed by atoms with E-state index in [2.05, 4.69) is 20.4 Å². The predicted molar refractivity (Wildman–Crippen MR) is 131 cm³/mol. The molecule has 0 radical (unpaired) electrons. The van der Waals surface area contributed by atoms with Gasteiger partial charge >= 0.3 is 12.6 Å². The van der Waals surface area contributed by atoms with Gasteiger partial charge in [0, 0.05) is 41.1 Å². The lowest BCUT2D eigenvalue weighted by Gasteiger charge is -2.13. The number of anilines is 1. The number of amides is 3. The second kappa shape index (κ2) is 9.95. The number of ether oxygens (including phenoxy) is 1. The minimum atomic E-state index is -2.96. The summed E-state index contributed by atoms with van der Waals surface area (Å²) < 4.78 is 30.3. The van der Waals surface area contributed by atoms with Crippen LogP contribution in [0.1, 0.15) is 21.6 Å². The number of alkyl halides is 2. The normalized spacial score (nSPS) is 10.9. The summed E-state index contributed by atoms with van der Waals surface area (Å²) >= 11 is 0. The molecule has 0 bridgehead atoms. The fourth-order valence-electron chi connectivity index (χ4n) is 3.77. The van der Waals surface area contributed by atoms with Gasteiger partial charge in [-0.05, 0) is 73.5 Å². The number of halogens is 2. The first-order valence-corrected chi connectivity index (χ1v) is 10.9. The SMILES string of the molecule is Cc1cc2c(cn1)cc(-c1cc(C(=O)NC(=O)Nc3ccc(OC(F)F)cc3)ccc1C)c(=O)n2C. The average molecular weight is 492 g/mol. The Bertz CT molecular complexity index is 1530. The highest BCUT2D eigenvalue weighted by atomic mass is 19.3. The van der Waals surface area contributed by atoms with Gasteiger partial charge in [0.2, 0.25) is 0 Å². The number of carbonyl (C=O) groups excluding carboxylic acids is 2.